The monoisotopic (exact) mass is 485 g/mol. The second-order valence-corrected chi connectivity index (χ2v) is 9.88. The SMILES string of the molecule is O=C(NCCCNc1nc(Nc2ccc(N3CCCC(F)(F)C3)nc2)ncc1C1CC1)C1CCC1. The van der Waals surface area contributed by atoms with Gasteiger partial charge in [-0.1, -0.05) is 6.42 Å². The molecular formula is C25H33F2N7O. The van der Waals surface area contributed by atoms with Crippen LogP contribution in [0.5, 0.6) is 0 Å². The highest BCUT2D eigenvalue weighted by atomic mass is 19.3. The first kappa shape index (κ1) is 23.7. The number of rotatable bonds is 10. The number of pyridine rings is 1. The zero-order chi connectivity index (χ0) is 24.3. The molecule has 5 rings (SSSR count). The van der Waals surface area contributed by atoms with Crippen LogP contribution in [0.4, 0.5) is 32.1 Å². The molecule has 0 aromatic carbocycles. The van der Waals surface area contributed by atoms with Crippen LogP contribution in [0, 0.1) is 5.92 Å². The molecule has 0 unspecified atom stereocenters. The van der Waals surface area contributed by atoms with Crippen molar-refractivity contribution in [3.05, 3.63) is 30.1 Å². The third-order valence-corrected chi connectivity index (χ3v) is 6.98. The Hall–Kier alpha value is -3.04. The van der Waals surface area contributed by atoms with Crippen LogP contribution in [0.2, 0.25) is 0 Å². The molecule has 3 aliphatic rings. The van der Waals surface area contributed by atoms with E-state index < -0.39 is 5.92 Å². The molecule has 1 saturated heterocycles. The van der Waals surface area contributed by atoms with Gasteiger partial charge in [-0.15, -0.1) is 0 Å². The smallest absolute Gasteiger partial charge is 0.265 e. The molecule has 0 radical (unpaired) electrons. The van der Waals surface area contributed by atoms with Crippen LogP contribution in [0.1, 0.15) is 62.8 Å². The maximum absolute atomic E-state index is 13.7. The van der Waals surface area contributed by atoms with Gasteiger partial charge in [-0.3, -0.25) is 4.79 Å². The fourth-order valence-corrected chi connectivity index (χ4v) is 4.55. The highest BCUT2D eigenvalue weighted by molar-refractivity contribution is 5.79. The summed E-state index contributed by atoms with van der Waals surface area (Å²) in [5.74, 6) is 0.0331. The number of nitrogens with zero attached hydrogens (tertiary/aromatic N) is 4. The molecule has 2 aromatic rings. The number of amides is 1. The molecule has 10 heteroatoms. The average Bonchev–Trinajstić information content (AvgIpc) is 3.63. The molecule has 188 valence electrons. The maximum atomic E-state index is 13.7. The van der Waals surface area contributed by atoms with Gasteiger partial charge in [0.25, 0.3) is 5.92 Å². The number of hydrogen-bond donors (Lipinski definition) is 3. The number of piperidine rings is 1. The van der Waals surface area contributed by atoms with E-state index in [9.17, 15) is 13.6 Å². The van der Waals surface area contributed by atoms with E-state index in [1.165, 1.54) is 0 Å². The van der Waals surface area contributed by atoms with Gasteiger partial charge in [0.15, 0.2) is 0 Å². The van der Waals surface area contributed by atoms with Crippen LogP contribution in [-0.4, -0.2) is 53.0 Å². The number of alkyl halides is 2. The van der Waals surface area contributed by atoms with E-state index in [0.717, 1.165) is 49.9 Å². The van der Waals surface area contributed by atoms with E-state index in [4.69, 9.17) is 0 Å². The molecule has 0 bridgehead atoms. The minimum atomic E-state index is -2.67. The first-order valence-electron chi connectivity index (χ1n) is 12.7. The highest BCUT2D eigenvalue weighted by Crippen LogP contribution is 2.42. The van der Waals surface area contributed by atoms with E-state index in [1.807, 2.05) is 12.3 Å². The Morgan fingerprint density at radius 2 is 1.94 bits per heavy atom. The topological polar surface area (TPSA) is 95.1 Å². The predicted octanol–water partition coefficient (Wildman–Crippen LogP) is 4.45. The van der Waals surface area contributed by atoms with Crippen molar-refractivity contribution < 1.29 is 13.6 Å². The third-order valence-electron chi connectivity index (χ3n) is 6.98. The van der Waals surface area contributed by atoms with Crippen molar-refractivity contribution in [3.63, 3.8) is 0 Å². The van der Waals surface area contributed by atoms with E-state index in [-0.39, 0.29) is 24.8 Å². The molecule has 2 aromatic heterocycles. The van der Waals surface area contributed by atoms with Crippen molar-refractivity contribution in [1.82, 2.24) is 20.3 Å². The molecule has 2 aliphatic carbocycles. The lowest BCUT2D eigenvalue weighted by atomic mass is 9.85. The molecule has 3 N–H and O–H groups in total. The van der Waals surface area contributed by atoms with Gasteiger partial charge in [-0.25, -0.2) is 18.7 Å². The number of hydrogen-bond acceptors (Lipinski definition) is 7. The Kier molecular flexibility index (Phi) is 6.97. The zero-order valence-electron chi connectivity index (χ0n) is 19.9. The summed E-state index contributed by atoms with van der Waals surface area (Å²) in [6.07, 6.45) is 10.2. The molecule has 2 saturated carbocycles. The second kappa shape index (κ2) is 10.3. The molecule has 35 heavy (non-hydrogen) atoms. The fraction of sp³-hybridized carbons (Fsp3) is 0.600. The fourth-order valence-electron chi connectivity index (χ4n) is 4.55. The summed E-state index contributed by atoms with van der Waals surface area (Å²) in [5.41, 5.74) is 1.81. The standard InChI is InChI=1S/C25H33F2N7O/c26-25(27)10-2-13-34(16-25)21-9-8-19(14-30-21)32-24-31-15-20(17-6-7-17)22(33-24)28-11-3-12-29-23(35)18-4-1-5-18/h8-9,14-15,17-18H,1-7,10-13,16H2,(H,29,35)(H2,28,31,32,33). The van der Waals surface area contributed by atoms with Crippen molar-refractivity contribution in [2.24, 2.45) is 5.92 Å². The molecule has 1 aliphatic heterocycles. The van der Waals surface area contributed by atoms with Gasteiger partial charge >= 0.3 is 0 Å². The Morgan fingerprint density at radius 1 is 1.09 bits per heavy atom. The van der Waals surface area contributed by atoms with Crippen LogP contribution >= 0.6 is 0 Å². The molecular weight excluding hydrogens is 452 g/mol. The number of carbonyl (C=O) groups is 1. The summed E-state index contributed by atoms with van der Waals surface area (Å²) in [6, 6.07) is 3.56. The van der Waals surface area contributed by atoms with Gasteiger partial charge in [0.1, 0.15) is 11.6 Å². The van der Waals surface area contributed by atoms with Crippen molar-refractivity contribution in [2.75, 3.05) is 41.7 Å². The van der Waals surface area contributed by atoms with Crippen molar-refractivity contribution in [2.45, 2.75) is 63.2 Å². The summed E-state index contributed by atoms with van der Waals surface area (Å²) in [6.45, 7) is 1.65. The molecule has 3 fully saturated rings. The Labute approximate surface area is 204 Å². The van der Waals surface area contributed by atoms with Crippen LogP contribution in [0.25, 0.3) is 0 Å². The molecule has 8 nitrogen and oxygen atoms in total. The highest BCUT2D eigenvalue weighted by Gasteiger charge is 2.35. The van der Waals surface area contributed by atoms with Crippen LogP contribution in [0.15, 0.2) is 24.5 Å². The minimum Gasteiger partial charge on any atom is -0.370 e. The minimum absolute atomic E-state index is 0.0667. The van der Waals surface area contributed by atoms with Crippen LogP contribution in [-0.2, 0) is 4.79 Å². The lowest BCUT2D eigenvalue weighted by molar-refractivity contribution is -0.127. The Balaban J connectivity index is 1.16. The Morgan fingerprint density at radius 3 is 2.63 bits per heavy atom. The van der Waals surface area contributed by atoms with Crippen molar-refractivity contribution in [3.8, 4) is 0 Å². The van der Waals surface area contributed by atoms with Gasteiger partial charge in [0.2, 0.25) is 11.9 Å². The molecule has 3 heterocycles. The summed E-state index contributed by atoms with van der Waals surface area (Å²) < 4.78 is 27.5. The number of anilines is 4. The second-order valence-electron chi connectivity index (χ2n) is 9.88. The van der Waals surface area contributed by atoms with E-state index in [0.29, 0.717) is 49.4 Å². The molecule has 0 spiro atoms. The number of carbonyl (C=O) groups excluding carboxylic acids is 1. The number of halogens is 2. The van der Waals surface area contributed by atoms with Gasteiger partial charge in [0, 0.05) is 43.7 Å². The predicted molar refractivity (Wildman–Crippen MR) is 131 cm³/mol. The third kappa shape index (κ3) is 6.15. The number of aromatic nitrogens is 3. The lowest BCUT2D eigenvalue weighted by Gasteiger charge is -2.33. The normalized spacial score (nSPS) is 19.7. The quantitative estimate of drug-likeness (QED) is 0.428. The average molecular weight is 486 g/mol. The molecule has 0 atom stereocenters. The van der Waals surface area contributed by atoms with E-state index in [1.54, 1.807) is 17.2 Å². The van der Waals surface area contributed by atoms with Crippen LogP contribution < -0.4 is 20.9 Å². The summed E-state index contributed by atoms with van der Waals surface area (Å²) in [7, 11) is 0. The Bertz CT molecular complexity index is 1020. The maximum Gasteiger partial charge on any atom is 0.265 e. The van der Waals surface area contributed by atoms with E-state index in [2.05, 4.69) is 30.9 Å². The van der Waals surface area contributed by atoms with E-state index >= 15 is 0 Å². The summed E-state index contributed by atoms with van der Waals surface area (Å²) in [4.78, 5) is 27.1. The zero-order valence-corrected chi connectivity index (χ0v) is 19.9. The van der Waals surface area contributed by atoms with Crippen molar-refractivity contribution >= 4 is 29.2 Å². The summed E-state index contributed by atoms with van der Waals surface area (Å²) in [5, 5.41) is 9.61. The lowest BCUT2D eigenvalue weighted by Crippen LogP contribution is -2.43. The first-order valence-corrected chi connectivity index (χ1v) is 12.7. The largest absolute Gasteiger partial charge is 0.370 e. The number of nitrogens with one attached hydrogen (secondary N) is 3. The van der Waals surface area contributed by atoms with Gasteiger partial charge < -0.3 is 20.9 Å². The van der Waals surface area contributed by atoms with Crippen molar-refractivity contribution in [1.29, 1.82) is 0 Å². The van der Waals surface area contributed by atoms with Gasteiger partial charge in [-0.2, -0.15) is 4.98 Å². The van der Waals surface area contributed by atoms with Gasteiger partial charge in [-0.05, 0) is 56.6 Å². The molecule has 1 amide bonds. The first-order chi connectivity index (χ1) is 17.0. The summed E-state index contributed by atoms with van der Waals surface area (Å²) >= 11 is 0. The van der Waals surface area contributed by atoms with Crippen LogP contribution in [0.3, 0.4) is 0 Å². The van der Waals surface area contributed by atoms with Gasteiger partial charge in [0.05, 0.1) is 18.4 Å².